The van der Waals surface area contributed by atoms with Crippen molar-refractivity contribution in [1.82, 2.24) is 0 Å². The van der Waals surface area contributed by atoms with Gasteiger partial charge in [0.05, 0.1) is 6.04 Å². The summed E-state index contributed by atoms with van der Waals surface area (Å²) in [6.07, 6.45) is 0.837. The molecule has 0 unspecified atom stereocenters. The zero-order valence-electron chi connectivity index (χ0n) is 16.9. The molecule has 3 aromatic carbocycles. The van der Waals surface area contributed by atoms with Crippen molar-refractivity contribution in [2.24, 2.45) is 0 Å². The minimum atomic E-state index is 0.00746. The first-order valence-corrected chi connectivity index (χ1v) is 10.3. The Morgan fingerprint density at radius 2 is 1.62 bits per heavy atom. The summed E-state index contributed by atoms with van der Waals surface area (Å²) in [5.74, 6) is 0.00746. The van der Waals surface area contributed by atoms with Gasteiger partial charge in [0.2, 0.25) is 0 Å². The van der Waals surface area contributed by atoms with Gasteiger partial charge in [0.15, 0.2) is 0 Å². The third-order valence-electron chi connectivity index (χ3n) is 5.54. The maximum absolute atomic E-state index is 13.3. The number of amides is 1. The summed E-state index contributed by atoms with van der Waals surface area (Å²) < 4.78 is 0. The van der Waals surface area contributed by atoms with E-state index >= 15 is 0 Å². The highest BCUT2D eigenvalue weighted by atomic mass is 35.5. The Balaban J connectivity index is 1.70. The number of nitrogens with zero attached hydrogens (tertiary/aromatic N) is 1. The minimum absolute atomic E-state index is 0.00746. The number of aryl methyl sites for hydroxylation is 2. The van der Waals surface area contributed by atoms with Gasteiger partial charge in [0, 0.05) is 28.0 Å². The Hall–Kier alpha value is -2.78. The molecule has 0 saturated carbocycles. The van der Waals surface area contributed by atoms with Gasteiger partial charge in [0.25, 0.3) is 5.91 Å². The minimum Gasteiger partial charge on any atom is -0.378 e. The van der Waals surface area contributed by atoms with Crippen LogP contribution in [-0.2, 0) is 0 Å². The highest BCUT2D eigenvalue weighted by molar-refractivity contribution is 6.30. The quantitative estimate of drug-likeness (QED) is 0.536. The van der Waals surface area contributed by atoms with Gasteiger partial charge in [-0.2, -0.15) is 0 Å². The number of carbonyl (C=O) groups is 1. The predicted molar refractivity (Wildman–Crippen MR) is 121 cm³/mol. The molecule has 0 fully saturated rings. The molecule has 0 saturated heterocycles. The van der Waals surface area contributed by atoms with E-state index in [9.17, 15) is 4.79 Å². The molecule has 0 aliphatic carbocycles. The summed E-state index contributed by atoms with van der Waals surface area (Å²) in [7, 11) is 0. The van der Waals surface area contributed by atoms with Gasteiger partial charge < -0.3 is 10.2 Å². The van der Waals surface area contributed by atoms with E-state index in [0.29, 0.717) is 10.6 Å². The lowest BCUT2D eigenvalue weighted by Gasteiger charge is -2.40. The SMILES string of the molecule is Cc1ccc(N[C@@H]2C[C@@H](C)N(C(=O)c3ccc(Cl)cc3)c3ccc(C)cc32)cc1. The van der Waals surface area contributed by atoms with Gasteiger partial charge in [0.1, 0.15) is 0 Å². The molecule has 0 bridgehead atoms. The molecule has 4 heteroatoms. The zero-order chi connectivity index (χ0) is 20.5. The molecular weight excluding hydrogens is 380 g/mol. The summed E-state index contributed by atoms with van der Waals surface area (Å²) in [6.45, 7) is 6.29. The number of nitrogens with one attached hydrogen (secondary N) is 1. The molecule has 0 aromatic heterocycles. The second-order valence-electron chi connectivity index (χ2n) is 7.89. The number of hydrogen-bond acceptors (Lipinski definition) is 2. The monoisotopic (exact) mass is 404 g/mol. The van der Waals surface area contributed by atoms with Crippen LogP contribution in [-0.4, -0.2) is 11.9 Å². The van der Waals surface area contributed by atoms with E-state index in [4.69, 9.17) is 11.6 Å². The van der Waals surface area contributed by atoms with Crippen molar-refractivity contribution in [2.75, 3.05) is 10.2 Å². The Morgan fingerprint density at radius 3 is 2.31 bits per heavy atom. The summed E-state index contributed by atoms with van der Waals surface area (Å²) in [4.78, 5) is 15.3. The van der Waals surface area contributed by atoms with Crippen molar-refractivity contribution in [1.29, 1.82) is 0 Å². The Labute approximate surface area is 177 Å². The lowest BCUT2D eigenvalue weighted by molar-refractivity contribution is 0.0974. The van der Waals surface area contributed by atoms with Crippen LogP contribution in [0.3, 0.4) is 0 Å². The van der Waals surface area contributed by atoms with E-state index in [0.717, 1.165) is 23.4 Å². The van der Waals surface area contributed by atoms with Gasteiger partial charge in [-0.1, -0.05) is 47.0 Å². The maximum Gasteiger partial charge on any atom is 0.258 e. The smallest absolute Gasteiger partial charge is 0.258 e. The topological polar surface area (TPSA) is 32.3 Å². The fraction of sp³-hybridized carbons (Fsp3) is 0.240. The van der Waals surface area contributed by atoms with Gasteiger partial charge in [-0.3, -0.25) is 4.79 Å². The van der Waals surface area contributed by atoms with Crippen LogP contribution < -0.4 is 10.2 Å². The molecule has 1 aliphatic heterocycles. The second kappa shape index (κ2) is 7.92. The number of anilines is 2. The summed E-state index contributed by atoms with van der Waals surface area (Å²) in [5.41, 5.74) is 6.30. The van der Waals surface area contributed by atoms with Crippen molar-refractivity contribution in [3.63, 3.8) is 0 Å². The molecule has 3 aromatic rings. The summed E-state index contributed by atoms with van der Waals surface area (Å²) in [5, 5.41) is 4.30. The Bertz CT molecular complexity index is 1030. The predicted octanol–water partition coefficient (Wildman–Crippen LogP) is 6.55. The van der Waals surface area contributed by atoms with E-state index < -0.39 is 0 Å². The third kappa shape index (κ3) is 4.01. The lowest BCUT2D eigenvalue weighted by atomic mass is 9.89. The van der Waals surface area contributed by atoms with E-state index in [1.807, 2.05) is 4.90 Å². The van der Waals surface area contributed by atoms with Gasteiger partial charge in [-0.25, -0.2) is 0 Å². The average Bonchev–Trinajstić information content (AvgIpc) is 2.70. The molecule has 1 heterocycles. The van der Waals surface area contributed by atoms with Crippen LogP contribution >= 0.6 is 11.6 Å². The number of hydrogen-bond donors (Lipinski definition) is 1. The van der Waals surface area contributed by atoms with Crippen LogP contribution in [0.15, 0.2) is 66.7 Å². The van der Waals surface area contributed by atoms with Gasteiger partial charge >= 0.3 is 0 Å². The normalized spacial score (nSPS) is 18.3. The van der Waals surface area contributed by atoms with Crippen LogP contribution in [0.25, 0.3) is 0 Å². The second-order valence-corrected chi connectivity index (χ2v) is 8.33. The van der Waals surface area contributed by atoms with Crippen LogP contribution in [0, 0.1) is 13.8 Å². The summed E-state index contributed by atoms with van der Waals surface area (Å²) >= 11 is 6.00. The maximum atomic E-state index is 13.3. The molecule has 148 valence electrons. The van der Waals surface area contributed by atoms with Crippen molar-refractivity contribution in [2.45, 2.75) is 39.3 Å². The fourth-order valence-corrected chi connectivity index (χ4v) is 4.14. The van der Waals surface area contributed by atoms with Gasteiger partial charge in [-0.15, -0.1) is 0 Å². The third-order valence-corrected chi connectivity index (χ3v) is 5.79. The number of fused-ring (bicyclic) bond motifs is 1. The van der Waals surface area contributed by atoms with E-state index in [1.165, 1.54) is 11.1 Å². The first-order chi connectivity index (χ1) is 13.9. The van der Waals surface area contributed by atoms with Crippen LogP contribution in [0.4, 0.5) is 11.4 Å². The van der Waals surface area contributed by atoms with E-state index in [1.54, 1.807) is 24.3 Å². The van der Waals surface area contributed by atoms with Crippen molar-refractivity contribution in [3.05, 3.63) is 94.0 Å². The molecular formula is C25H25ClN2O. The van der Waals surface area contributed by atoms with E-state index in [-0.39, 0.29) is 18.0 Å². The number of halogens is 1. The van der Waals surface area contributed by atoms with Crippen LogP contribution in [0.5, 0.6) is 0 Å². The van der Waals surface area contributed by atoms with Crippen molar-refractivity contribution < 1.29 is 4.79 Å². The first-order valence-electron chi connectivity index (χ1n) is 9.95. The van der Waals surface area contributed by atoms with E-state index in [2.05, 4.69) is 68.6 Å². The molecule has 29 heavy (non-hydrogen) atoms. The van der Waals surface area contributed by atoms with Crippen molar-refractivity contribution >= 4 is 28.9 Å². The molecule has 3 nitrogen and oxygen atoms in total. The Morgan fingerprint density at radius 1 is 0.966 bits per heavy atom. The average molecular weight is 405 g/mol. The molecule has 0 radical (unpaired) electrons. The summed E-state index contributed by atoms with van der Waals surface area (Å²) in [6, 6.07) is 22.1. The molecule has 1 N–H and O–H groups in total. The zero-order valence-corrected chi connectivity index (χ0v) is 17.7. The van der Waals surface area contributed by atoms with Crippen LogP contribution in [0.2, 0.25) is 5.02 Å². The number of benzene rings is 3. The molecule has 1 aliphatic rings. The largest absolute Gasteiger partial charge is 0.378 e. The molecule has 1 amide bonds. The molecule has 4 rings (SSSR count). The van der Waals surface area contributed by atoms with Gasteiger partial charge in [-0.05, 0) is 75.2 Å². The highest BCUT2D eigenvalue weighted by Gasteiger charge is 2.34. The standard InChI is InChI=1S/C25H25ClN2O/c1-16-4-11-21(12-5-16)27-23-15-18(3)28(24-13-6-17(2)14-22(23)24)25(29)19-7-9-20(26)10-8-19/h4-14,18,23,27H,15H2,1-3H3/t18-,23-/m1/s1. The highest BCUT2D eigenvalue weighted by Crippen LogP contribution is 2.40. The Kier molecular flexibility index (Phi) is 5.33. The first kappa shape index (κ1) is 19.5. The number of carbonyl (C=O) groups excluding carboxylic acids is 1. The molecule has 0 spiro atoms. The molecule has 2 atom stereocenters. The lowest BCUT2D eigenvalue weighted by Crippen LogP contribution is -2.44. The van der Waals surface area contributed by atoms with Crippen LogP contribution in [0.1, 0.15) is 46.4 Å². The fourth-order valence-electron chi connectivity index (χ4n) is 4.01. The number of rotatable bonds is 3. The van der Waals surface area contributed by atoms with Crippen molar-refractivity contribution in [3.8, 4) is 0 Å².